The van der Waals surface area contributed by atoms with E-state index in [0.29, 0.717) is 12.0 Å². The Hall–Kier alpha value is -0.930. The van der Waals surface area contributed by atoms with Crippen molar-refractivity contribution in [1.29, 1.82) is 0 Å². The van der Waals surface area contributed by atoms with Gasteiger partial charge in [0, 0.05) is 18.6 Å². The SMILES string of the molecule is CCC(N)C(CCO)c1cc(C)ccc1F. The summed E-state index contributed by atoms with van der Waals surface area (Å²) in [5.41, 5.74) is 7.62. The van der Waals surface area contributed by atoms with Crippen LogP contribution in [0.25, 0.3) is 0 Å². The molecule has 0 aliphatic carbocycles. The number of benzene rings is 1. The Morgan fingerprint density at radius 1 is 1.44 bits per heavy atom. The molecule has 0 saturated carbocycles. The number of nitrogens with two attached hydrogens (primary N) is 1. The van der Waals surface area contributed by atoms with E-state index >= 15 is 0 Å². The van der Waals surface area contributed by atoms with Crippen molar-refractivity contribution >= 4 is 0 Å². The van der Waals surface area contributed by atoms with E-state index in [1.807, 2.05) is 19.9 Å². The van der Waals surface area contributed by atoms with Crippen LogP contribution in [0.3, 0.4) is 0 Å². The van der Waals surface area contributed by atoms with Crippen LogP contribution in [-0.4, -0.2) is 17.8 Å². The predicted octanol–water partition coefficient (Wildman–Crippen LogP) is 2.34. The summed E-state index contributed by atoms with van der Waals surface area (Å²) in [6, 6.07) is 4.93. The molecule has 0 radical (unpaired) electrons. The summed E-state index contributed by atoms with van der Waals surface area (Å²) in [7, 11) is 0. The Morgan fingerprint density at radius 3 is 2.69 bits per heavy atom. The zero-order valence-electron chi connectivity index (χ0n) is 9.91. The first kappa shape index (κ1) is 13.1. The van der Waals surface area contributed by atoms with Crippen molar-refractivity contribution in [2.75, 3.05) is 6.61 Å². The third-order valence-electron chi connectivity index (χ3n) is 2.98. The van der Waals surface area contributed by atoms with Gasteiger partial charge in [-0.3, -0.25) is 0 Å². The van der Waals surface area contributed by atoms with E-state index in [2.05, 4.69) is 0 Å². The van der Waals surface area contributed by atoms with Gasteiger partial charge in [-0.15, -0.1) is 0 Å². The van der Waals surface area contributed by atoms with E-state index < -0.39 is 0 Å². The lowest BCUT2D eigenvalue weighted by Crippen LogP contribution is -2.29. The van der Waals surface area contributed by atoms with Crippen LogP contribution in [0.4, 0.5) is 4.39 Å². The zero-order valence-corrected chi connectivity index (χ0v) is 9.91. The predicted molar refractivity (Wildman–Crippen MR) is 63.8 cm³/mol. The second kappa shape index (κ2) is 5.97. The molecule has 16 heavy (non-hydrogen) atoms. The first-order valence-corrected chi connectivity index (χ1v) is 5.72. The van der Waals surface area contributed by atoms with E-state index in [1.54, 1.807) is 6.07 Å². The molecule has 3 N–H and O–H groups in total. The second-order valence-electron chi connectivity index (χ2n) is 4.22. The van der Waals surface area contributed by atoms with E-state index in [9.17, 15) is 4.39 Å². The molecule has 1 aromatic rings. The largest absolute Gasteiger partial charge is 0.396 e. The normalized spacial score (nSPS) is 14.8. The molecule has 0 spiro atoms. The summed E-state index contributed by atoms with van der Waals surface area (Å²) < 4.78 is 13.7. The minimum Gasteiger partial charge on any atom is -0.396 e. The van der Waals surface area contributed by atoms with Gasteiger partial charge >= 0.3 is 0 Å². The number of hydrogen-bond donors (Lipinski definition) is 2. The van der Waals surface area contributed by atoms with Gasteiger partial charge in [-0.05, 0) is 31.4 Å². The Bertz CT molecular complexity index is 341. The maximum Gasteiger partial charge on any atom is 0.126 e. The summed E-state index contributed by atoms with van der Waals surface area (Å²) in [6.07, 6.45) is 1.29. The molecule has 0 aromatic heterocycles. The zero-order chi connectivity index (χ0) is 12.1. The number of rotatable bonds is 5. The quantitative estimate of drug-likeness (QED) is 0.808. The van der Waals surface area contributed by atoms with Gasteiger partial charge in [0.25, 0.3) is 0 Å². The minimum absolute atomic E-state index is 0.0335. The number of aliphatic hydroxyl groups is 1. The fourth-order valence-corrected chi connectivity index (χ4v) is 1.97. The molecule has 0 saturated heterocycles. The van der Waals surface area contributed by atoms with Gasteiger partial charge in [0.15, 0.2) is 0 Å². The first-order chi connectivity index (χ1) is 7.60. The van der Waals surface area contributed by atoms with Gasteiger partial charge in [-0.2, -0.15) is 0 Å². The van der Waals surface area contributed by atoms with Crippen molar-refractivity contribution in [3.8, 4) is 0 Å². The molecule has 0 heterocycles. The van der Waals surface area contributed by atoms with Crippen LogP contribution in [0, 0.1) is 12.7 Å². The molecule has 0 bridgehead atoms. The average molecular weight is 225 g/mol. The molecule has 2 nitrogen and oxygen atoms in total. The molecule has 0 fully saturated rings. The molecule has 0 aliphatic heterocycles. The fourth-order valence-electron chi connectivity index (χ4n) is 1.97. The van der Waals surface area contributed by atoms with Gasteiger partial charge in [0.05, 0.1) is 0 Å². The number of aliphatic hydroxyl groups excluding tert-OH is 1. The van der Waals surface area contributed by atoms with Crippen LogP contribution in [-0.2, 0) is 0 Å². The van der Waals surface area contributed by atoms with Gasteiger partial charge in [0.1, 0.15) is 5.82 Å². The monoisotopic (exact) mass is 225 g/mol. The van der Waals surface area contributed by atoms with Crippen LogP contribution in [0.2, 0.25) is 0 Å². The van der Waals surface area contributed by atoms with E-state index in [0.717, 1.165) is 12.0 Å². The molecule has 2 atom stereocenters. The maximum absolute atomic E-state index is 13.7. The molecule has 3 heteroatoms. The molecule has 2 unspecified atom stereocenters. The van der Waals surface area contributed by atoms with Crippen molar-refractivity contribution < 1.29 is 9.50 Å². The van der Waals surface area contributed by atoms with Crippen LogP contribution in [0.5, 0.6) is 0 Å². The highest BCUT2D eigenvalue weighted by Gasteiger charge is 2.21. The van der Waals surface area contributed by atoms with Crippen LogP contribution >= 0.6 is 0 Å². The fraction of sp³-hybridized carbons (Fsp3) is 0.538. The molecule has 1 rings (SSSR count). The van der Waals surface area contributed by atoms with Gasteiger partial charge in [-0.25, -0.2) is 4.39 Å². The molecule has 1 aromatic carbocycles. The molecule has 0 aliphatic rings. The first-order valence-electron chi connectivity index (χ1n) is 5.72. The van der Waals surface area contributed by atoms with Gasteiger partial charge in [0.2, 0.25) is 0 Å². The summed E-state index contributed by atoms with van der Waals surface area (Å²) in [4.78, 5) is 0. The molecular weight excluding hydrogens is 205 g/mol. The molecule has 0 amide bonds. The number of hydrogen-bond acceptors (Lipinski definition) is 2. The van der Waals surface area contributed by atoms with Gasteiger partial charge in [-0.1, -0.05) is 24.6 Å². The highest BCUT2D eigenvalue weighted by Crippen LogP contribution is 2.27. The summed E-state index contributed by atoms with van der Waals surface area (Å²) in [5.74, 6) is -0.331. The summed E-state index contributed by atoms with van der Waals surface area (Å²) >= 11 is 0. The smallest absolute Gasteiger partial charge is 0.126 e. The van der Waals surface area contributed by atoms with Crippen molar-refractivity contribution in [1.82, 2.24) is 0 Å². The Labute approximate surface area is 96.3 Å². The van der Waals surface area contributed by atoms with Crippen LogP contribution in [0.15, 0.2) is 18.2 Å². The third kappa shape index (κ3) is 3.03. The lowest BCUT2D eigenvalue weighted by atomic mass is 9.87. The van der Waals surface area contributed by atoms with E-state index in [1.165, 1.54) is 6.07 Å². The van der Waals surface area contributed by atoms with Crippen LogP contribution in [0.1, 0.15) is 36.8 Å². The number of aryl methyl sites for hydroxylation is 1. The van der Waals surface area contributed by atoms with Crippen molar-refractivity contribution in [2.24, 2.45) is 5.73 Å². The highest BCUT2D eigenvalue weighted by atomic mass is 19.1. The lowest BCUT2D eigenvalue weighted by molar-refractivity contribution is 0.264. The summed E-state index contributed by atoms with van der Waals surface area (Å²) in [6.45, 7) is 3.94. The van der Waals surface area contributed by atoms with Crippen LogP contribution < -0.4 is 5.73 Å². The Kier molecular flexibility index (Phi) is 4.90. The number of halogens is 1. The van der Waals surface area contributed by atoms with Crippen molar-refractivity contribution in [3.63, 3.8) is 0 Å². The Balaban J connectivity index is 3.04. The van der Waals surface area contributed by atoms with Crippen molar-refractivity contribution in [3.05, 3.63) is 35.1 Å². The minimum atomic E-state index is -0.229. The average Bonchev–Trinajstić information content (AvgIpc) is 2.28. The molecule has 90 valence electrons. The van der Waals surface area contributed by atoms with E-state index in [4.69, 9.17) is 10.8 Å². The molecular formula is C13H20FNO. The topological polar surface area (TPSA) is 46.2 Å². The lowest BCUT2D eigenvalue weighted by Gasteiger charge is -2.23. The Morgan fingerprint density at radius 2 is 2.12 bits per heavy atom. The second-order valence-corrected chi connectivity index (χ2v) is 4.22. The van der Waals surface area contributed by atoms with Crippen molar-refractivity contribution in [2.45, 2.75) is 38.6 Å². The summed E-state index contributed by atoms with van der Waals surface area (Å²) in [5, 5.41) is 9.02. The standard InChI is InChI=1S/C13H20FNO/c1-3-13(15)10(6-7-16)11-8-9(2)4-5-12(11)14/h4-5,8,10,13,16H,3,6-7,15H2,1-2H3. The highest BCUT2D eigenvalue weighted by molar-refractivity contribution is 5.28. The maximum atomic E-state index is 13.7. The van der Waals surface area contributed by atoms with Gasteiger partial charge < -0.3 is 10.8 Å². The third-order valence-corrected chi connectivity index (χ3v) is 2.98. The van der Waals surface area contributed by atoms with E-state index in [-0.39, 0.29) is 24.4 Å².